The maximum Gasteiger partial charge on any atom is 0.284 e. The van der Waals surface area contributed by atoms with Gasteiger partial charge in [0.1, 0.15) is 5.65 Å². The number of thioether (sulfide) groups is 1. The molecule has 8 heteroatoms. The molecule has 0 fully saturated rings. The molecule has 0 amide bonds. The summed E-state index contributed by atoms with van der Waals surface area (Å²) in [6.07, 6.45) is 5.31. The molecule has 0 bridgehead atoms. The number of furan rings is 1. The van der Waals surface area contributed by atoms with Gasteiger partial charge >= 0.3 is 0 Å². The fourth-order valence-corrected chi connectivity index (χ4v) is 2.81. The third-order valence-corrected chi connectivity index (χ3v) is 4.02. The van der Waals surface area contributed by atoms with Crippen LogP contribution in [-0.2, 0) is 5.75 Å². The summed E-state index contributed by atoms with van der Waals surface area (Å²) >= 11 is 7.38. The van der Waals surface area contributed by atoms with Crippen molar-refractivity contribution in [1.82, 2.24) is 19.6 Å². The molecular weight excluding hydrogens is 324 g/mol. The monoisotopic (exact) mass is 332 g/mol. The summed E-state index contributed by atoms with van der Waals surface area (Å²) in [5, 5.41) is 9.08. The van der Waals surface area contributed by atoms with Crippen LogP contribution in [0.1, 0.15) is 5.69 Å². The number of hydrogen-bond donors (Lipinski definition) is 0. The molecule has 110 valence electrons. The second kappa shape index (κ2) is 5.51. The topological polar surface area (TPSA) is 69.4 Å². The number of hydrogen-bond acceptors (Lipinski definition) is 6. The molecule has 0 atom stereocenters. The van der Waals surface area contributed by atoms with Crippen LogP contribution in [0.25, 0.3) is 17.3 Å². The van der Waals surface area contributed by atoms with E-state index in [0.717, 1.165) is 11.3 Å². The lowest BCUT2D eigenvalue weighted by molar-refractivity contribution is 0.447. The third-order valence-electron chi connectivity index (χ3n) is 2.95. The van der Waals surface area contributed by atoms with Gasteiger partial charge in [0, 0.05) is 18.1 Å². The predicted octanol–water partition coefficient (Wildman–Crippen LogP) is 3.92. The van der Waals surface area contributed by atoms with Gasteiger partial charge in [0.25, 0.3) is 11.1 Å². The van der Waals surface area contributed by atoms with E-state index in [1.807, 2.05) is 28.9 Å². The molecule has 4 aromatic rings. The molecule has 4 heterocycles. The number of imidazole rings is 1. The summed E-state index contributed by atoms with van der Waals surface area (Å²) in [5.74, 6) is 1.55. The maximum absolute atomic E-state index is 5.96. The van der Waals surface area contributed by atoms with E-state index in [4.69, 9.17) is 20.4 Å². The van der Waals surface area contributed by atoms with Gasteiger partial charge in [0.15, 0.2) is 5.76 Å². The smallest absolute Gasteiger partial charge is 0.284 e. The Kier molecular flexibility index (Phi) is 3.36. The van der Waals surface area contributed by atoms with Crippen molar-refractivity contribution in [3.63, 3.8) is 0 Å². The van der Waals surface area contributed by atoms with Crippen LogP contribution in [0, 0.1) is 0 Å². The lowest BCUT2D eigenvalue weighted by Gasteiger charge is -1.91. The highest BCUT2D eigenvalue weighted by Gasteiger charge is 2.12. The van der Waals surface area contributed by atoms with E-state index in [1.165, 1.54) is 11.8 Å². The van der Waals surface area contributed by atoms with Crippen molar-refractivity contribution in [1.29, 1.82) is 0 Å². The Morgan fingerprint density at radius 1 is 1.18 bits per heavy atom. The van der Waals surface area contributed by atoms with Crippen LogP contribution in [0.5, 0.6) is 0 Å². The molecule has 0 spiro atoms. The van der Waals surface area contributed by atoms with E-state index in [-0.39, 0.29) is 0 Å². The van der Waals surface area contributed by atoms with E-state index >= 15 is 0 Å². The van der Waals surface area contributed by atoms with Crippen molar-refractivity contribution >= 4 is 29.0 Å². The van der Waals surface area contributed by atoms with Crippen molar-refractivity contribution < 1.29 is 8.83 Å². The van der Waals surface area contributed by atoms with Gasteiger partial charge in [0.2, 0.25) is 0 Å². The fraction of sp³-hybridized carbons (Fsp3) is 0.0714. The van der Waals surface area contributed by atoms with Gasteiger partial charge in [-0.05, 0) is 24.3 Å². The Morgan fingerprint density at radius 2 is 2.14 bits per heavy atom. The molecule has 6 nitrogen and oxygen atoms in total. The van der Waals surface area contributed by atoms with E-state index in [0.29, 0.717) is 27.6 Å². The maximum atomic E-state index is 5.96. The van der Waals surface area contributed by atoms with E-state index in [1.54, 1.807) is 18.4 Å². The lowest BCUT2D eigenvalue weighted by atomic mass is 10.5. The Labute approximate surface area is 134 Å². The summed E-state index contributed by atoms with van der Waals surface area (Å²) in [5.41, 5.74) is 1.76. The molecule has 0 saturated carbocycles. The first kappa shape index (κ1) is 13.4. The minimum atomic E-state index is 0.370. The summed E-state index contributed by atoms with van der Waals surface area (Å²) in [4.78, 5) is 4.50. The van der Waals surface area contributed by atoms with E-state index in [2.05, 4.69) is 15.2 Å². The van der Waals surface area contributed by atoms with Crippen LogP contribution in [0.3, 0.4) is 0 Å². The first-order valence-corrected chi connectivity index (χ1v) is 7.77. The van der Waals surface area contributed by atoms with Crippen LogP contribution >= 0.6 is 23.4 Å². The third kappa shape index (κ3) is 2.60. The fourth-order valence-electron chi connectivity index (χ4n) is 1.99. The molecule has 4 aromatic heterocycles. The summed E-state index contributed by atoms with van der Waals surface area (Å²) in [6, 6.07) is 7.23. The second-order valence-corrected chi connectivity index (χ2v) is 5.85. The highest BCUT2D eigenvalue weighted by Crippen LogP contribution is 2.25. The highest BCUT2D eigenvalue weighted by molar-refractivity contribution is 7.98. The van der Waals surface area contributed by atoms with E-state index < -0.39 is 0 Å². The normalized spacial score (nSPS) is 11.3. The molecule has 0 aliphatic heterocycles. The van der Waals surface area contributed by atoms with Gasteiger partial charge in [-0.15, -0.1) is 10.2 Å². The van der Waals surface area contributed by atoms with Gasteiger partial charge in [-0.25, -0.2) is 4.98 Å². The van der Waals surface area contributed by atoms with Crippen LogP contribution in [-0.4, -0.2) is 19.6 Å². The number of pyridine rings is 1. The van der Waals surface area contributed by atoms with Crippen molar-refractivity contribution in [3.05, 3.63) is 53.6 Å². The Hall–Kier alpha value is -2.25. The quantitative estimate of drug-likeness (QED) is 0.527. The molecule has 0 aliphatic rings. The Morgan fingerprint density at radius 3 is 3.00 bits per heavy atom. The van der Waals surface area contributed by atoms with Gasteiger partial charge in [-0.3, -0.25) is 0 Å². The lowest BCUT2D eigenvalue weighted by Crippen LogP contribution is -1.79. The first-order chi connectivity index (χ1) is 10.8. The second-order valence-electron chi connectivity index (χ2n) is 4.48. The molecule has 4 rings (SSSR count). The van der Waals surface area contributed by atoms with Crippen molar-refractivity contribution in [2.45, 2.75) is 11.0 Å². The number of aromatic nitrogens is 4. The first-order valence-electron chi connectivity index (χ1n) is 6.41. The summed E-state index contributed by atoms with van der Waals surface area (Å²) < 4.78 is 12.6. The zero-order valence-corrected chi connectivity index (χ0v) is 12.7. The highest BCUT2D eigenvalue weighted by atomic mass is 35.5. The number of nitrogens with zero attached hydrogens (tertiary/aromatic N) is 4. The average molecular weight is 333 g/mol. The molecule has 0 radical (unpaired) electrons. The average Bonchev–Trinajstić information content (AvgIpc) is 3.24. The zero-order valence-electron chi connectivity index (χ0n) is 11.1. The number of fused-ring (bicyclic) bond motifs is 1. The molecule has 22 heavy (non-hydrogen) atoms. The largest absolute Gasteiger partial charge is 0.459 e. The number of halogens is 1. The van der Waals surface area contributed by atoms with Gasteiger partial charge in [0.05, 0.1) is 17.0 Å². The molecule has 0 saturated heterocycles. The van der Waals surface area contributed by atoms with Crippen LogP contribution in [0.15, 0.2) is 57.0 Å². The predicted molar refractivity (Wildman–Crippen MR) is 81.8 cm³/mol. The van der Waals surface area contributed by atoms with Crippen molar-refractivity contribution in [3.8, 4) is 11.7 Å². The van der Waals surface area contributed by atoms with Crippen LogP contribution < -0.4 is 0 Å². The van der Waals surface area contributed by atoms with Gasteiger partial charge in [-0.2, -0.15) is 0 Å². The zero-order chi connectivity index (χ0) is 14.9. The Bertz CT molecular complexity index is 916. The number of rotatable bonds is 4. The molecule has 0 N–H and O–H groups in total. The van der Waals surface area contributed by atoms with Crippen LogP contribution in [0.4, 0.5) is 0 Å². The van der Waals surface area contributed by atoms with Crippen LogP contribution in [0.2, 0.25) is 5.02 Å². The minimum absolute atomic E-state index is 0.370. The summed E-state index contributed by atoms with van der Waals surface area (Å²) in [7, 11) is 0. The Balaban J connectivity index is 1.49. The minimum Gasteiger partial charge on any atom is -0.459 e. The van der Waals surface area contributed by atoms with E-state index in [9.17, 15) is 0 Å². The SMILES string of the molecule is Clc1ccc2nc(CSc3nnc(-c4ccco4)o3)cn2c1. The van der Waals surface area contributed by atoms with Crippen molar-refractivity contribution in [2.75, 3.05) is 0 Å². The molecular formula is C14H9ClN4O2S. The van der Waals surface area contributed by atoms with Gasteiger partial charge in [-0.1, -0.05) is 23.4 Å². The molecule has 0 aliphatic carbocycles. The molecule has 0 unspecified atom stereocenters. The van der Waals surface area contributed by atoms with Crippen molar-refractivity contribution in [2.24, 2.45) is 0 Å². The van der Waals surface area contributed by atoms with Gasteiger partial charge < -0.3 is 13.2 Å². The standard InChI is InChI=1S/C14H9ClN4O2S/c15-9-3-4-12-16-10(7-19(12)6-9)8-22-14-18-17-13(21-14)11-2-1-5-20-11/h1-7H,8H2. The molecule has 0 aromatic carbocycles. The summed E-state index contributed by atoms with van der Waals surface area (Å²) in [6.45, 7) is 0.